The molecule has 0 aromatic rings. The molecule has 1 rings (SSSR count). The van der Waals surface area contributed by atoms with Gasteiger partial charge in [0.25, 0.3) is 0 Å². The molecule has 0 heterocycles. The van der Waals surface area contributed by atoms with Crippen LogP contribution in [0, 0.1) is 0 Å². The van der Waals surface area contributed by atoms with Crippen molar-refractivity contribution in [3.8, 4) is 0 Å². The Morgan fingerprint density at radius 3 is 2.50 bits per heavy atom. The summed E-state index contributed by atoms with van der Waals surface area (Å²) in [6, 6.07) is 0.702. The molecule has 3 nitrogen and oxygen atoms in total. The lowest BCUT2D eigenvalue weighted by Gasteiger charge is -2.33. The Bertz CT molecular complexity index is 200. The van der Waals surface area contributed by atoms with Crippen molar-refractivity contribution in [2.75, 3.05) is 19.7 Å². The molecule has 1 fully saturated rings. The van der Waals surface area contributed by atoms with Gasteiger partial charge in [-0.3, -0.25) is 4.79 Å². The average molecular weight is 227 g/mol. The van der Waals surface area contributed by atoms with E-state index in [0.717, 1.165) is 13.1 Å². The number of hydrogen-bond acceptors (Lipinski definition) is 3. The lowest BCUT2D eigenvalue weighted by atomic mass is 9.94. The second-order valence-electron chi connectivity index (χ2n) is 4.48. The fourth-order valence-electron chi connectivity index (χ4n) is 2.51. The van der Waals surface area contributed by atoms with Gasteiger partial charge in [-0.15, -0.1) is 0 Å². The summed E-state index contributed by atoms with van der Waals surface area (Å²) in [5.41, 5.74) is 0. The van der Waals surface area contributed by atoms with Crippen LogP contribution in [0.15, 0.2) is 0 Å². The van der Waals surface area contributed by atoms with Gasteiger partial charge in [0.05, 0.1) is 13.0 Å². The first-order valence-electron chi connectivity index (χ1n) is 6.67. The van der Waals surface area contributed by atoms with E-state index < -0.39 is 0 Å². The first-order valence-corrected chi connectivity index (χ1v) is 6.67. The molecule has 0 saturated heterocycles. The van der Waals surface area contributed by atoms with Crippen LogP contribution in [0.2, 0.25) is 0 Å². The minimum absolute atomic E-state index is 0.0586. The molecule has 1 aliphatic rings. The summed E-state index contributed by atoms with van der Waals surface area (Å²) in [5, 5.41) is 0. The fraction of sp³-hybridized carbons (Fsp3) is 0.923. The van der Waals surface area contributed by atoms with Crippen molar-refractivity contribution >= 4 is 5.97 Å². The third-order valence-corrected chi connectivity index (χ3v) is 3.41. The minimum Gasteiger partial charge on any atom is -0.466 e. The smallest absolute Gasteiger partial charge is 0.307 e. The van der Waals surface area contributed by atoms with Gasteiger partial charge >= 0.3 is 5.97 Å². The molecule has 0 aliphatic heterocycles. The summed E-state index contributed by atoms with van der Waals surface area (Å²) in [6.45, 7) is 6.44. The standard InChI is InChI=1S/C13H25NO2/c1-3-14(11-10-13(15)16-4-2)12-8-6-5-7-9-12/h12H,3-11H2,1-2H3. The number of rotatable bonds is 6. The number of hydrogen-bond donors (Lipinski definition) is 0. The van der Waals surface area contributed by atoms with E-state index in [1.54, 1.807) is 0 Å². The van der Waals surface area contributed by atoms with Crippen molar-refractivity contribution in [3.05, 3.63) is 0 Å². The normalized spacial score (nSPS) is 17.7. The van der Waals surface area contributed by atoms with Gasteiger partial charge in [-0.25, -0.2) is 0 Å². The van der Waals surface area contributed by atoms with Crippen molar-refractivity contribution in [1.82, 2.24) is 4.90 Å². The molecule has 0 aromatic carbocycles. The van der Waals surface area contributed by atoms with Gasteiger partial charge < -0.3 is 9.64 Å². The molecule has 0 radical (unpaired) electrons. The Balaban J connectivity index is 2.27. The Hall–Kier alpha value is -0.570. The van der Waals surface area contributed by atoms with Crippen LogP contribution in [0.5, 0.6) is 0 Å². The van der Waals surface area contributed by atoms with Crippen molar-refractivity contribution in [1.29, 1.82) is 0 Å². The zero-order valence-electron chi connectivity index (χ0n) is 10.7. The Labute approximate surface area is 99.1 Å². The third kappa shape index (κ3) is 4.52. The number of carbonyl (C=O) groups excluding carboxylic acids is 1. The lowest BCUT2D eigenvalue weighted by Crippen LogP contribution is -2.38. The van der Waals surface area contributed by atoms with E-state index >= 15 is 0 Å². The van der Waals surface area contributed by atoms with Gasteiger partial charge in [0, 0.05) is 12.6 Å². The highest BCUT2D eigenvalue weighted by molar-refractivity contribution is 5.69. The summed E-state index contributed by atoms with van der Waals surface area (Å²) in [6.07, 6.45) is 7.22. The number of carbonyl (C=O) groups is 1. The van der Waals surface area contributed by atoms with Gasteiger partial charge in [0.15, 0.2) is 0 Å². The maximum Gasteiger partial charge on any atom is 0.307 e. The van der Waals surface area contributed by atoms with Crippen LogP contribution in [0.4, 0.5) is 0 Å². The van der Waals surface area contributed by atoms with Crippen LogP contribution < -0.4 is 0 Å². The number of ether oxygens (including phenoxy) is 1. The molecule has 1 aliphatic carbocycles. The van der Waals surface area contributed by atoms with E-state index in [2.05, 4.69) is 11.8 Å². The van der Waals surface area contributed by atoms with E-state index in [-0.39, 0.29) is 5.97 Å². The second-order valence-corrected chi connectivity index (χ2v) is 4.48. The van der Waals surface area contributed by atoms with Crippen LogP contribution in [0.25, 0.3) is 0 Å². The molecule has 0 spiro atoms. The van der Waals surface area contributed by atoms with E-state index in [9.17, 15) is 4.79 Å². The number of esters is 1. The van der Waals surface area contributed by atoms with E-state index in [1.807, 2.05) is 6.92 Å². The first kappa shape index (κ1) is 13.5. The molecule has 0 amide bonds. The highest BCUT2D eigenvalue weighted by Gasteiger charge is 2.20. The van der Waals surface area contributed by atoms with Crippen molar-refractivity contribution < 1.29 is 9.53 Å². The van der Waals surface area contributed by atoms with Crippen LogP contribution in [-0.2, 0) is 9.53 Å². The SMILES string of the molecule is CCOC(=O)CCN(CC)C1CCCCC1. The quantitative estimate of drug-likeness (QED) is 0.653. The Morgan fingerprint density at radius 2 is 1.94 bits per heavy atom. The zero-order valence-corrected chi connectivity index (χ0v) is 10.7. The summed E-state index contributed by atoms with van der Waals surface area (Å²) in [7, 11) is 0. The molecule has 0 N–H and O–H groups in total. The largest absolute Gasteiger partial charge is 0.466 e. The predicted octanol–water partition coefficient (Wildman–Crippen LogP) is 2.59. The molecular weight excluding hydrogens is 202 g/mol. The van der Waals surface area contributed by atoms with Gasteiger partial charge in [0.1, 0.15) is 0 Å². The van der Waals surface area contributed by atoms with Crippen LogP contribution in [0.3, 0.4) is 0 Å². The summed E-state index contributed by atoms with van der Waals surface area (Å²) < 4.78 is 4.96. The molecule has 0 unspecified atom stereocenters. The van der Waals surface area contributed by atoms with E-state index in [0.29, 0.717) is 19.1 Å². The molecule has 0 atom stereocenters. The van der Waals surface area contributed by atoms with Crippen molar-refractivity contribution in [2.24, 2.45) is 0 Å². The van der Waals surface area contributed by atoms with Crippen LogP contribution >= 0.6 is 0 Å². The maximum atomic E-state index is 11.3. The molecule has 3 heteroatoms. The number of nitrogens with zero attached hydrogens (tertiary/aromatic N) is 1. The second kappa shape index (κ2) is 7.66. The summed E-state index contributed by atoms with van der Waals surface area (Å²) in [5.74, 6) is -0.0586. The highest BCUT2D eigenvalue weighted by atomic mass is 16.5. The summed E-state index contributed by atoms with van der Waals surface area (Å²) in [4.78, 5) is 13.7. The van der Waals surface area contributed by atoms with Gasteiger partial charge in [-0.1, -0.05) is 26.2 Å². The average Bonchev–Trinajstić information content (AvgIpc) is 2.31. The topological polar surface area (TPSA) is 29.5 Å². The first-order chi connectivity index (χ1) is 7.77. The van der Waals surface area contributed by atoms with Gasteiger partial charge in [0.2, 0.25) is 0 Å². The van der Waals surface area contributed by atoms with Crippen molar-refractivity contribution in [2.45, 2.75) is 58.4 Å². The third-order valence-electron chi connectivity index (χ3n) is 3.41. The summed E-state index contributed by atoms with van der Waals surface area (Å²) >= 11 is 0. The fourth-order valence-corrected chi connectivity index (χ4v) is 2.51. The zero-order chi connectivity index (χ0) is 11.8. The van der Waals surface area contributed by atoms with E-state index in [1.165, 1.54) is 32.1 Å². The molecule has 0 bridgehead atoms. The van der Waals surface area contributed by atoms with Crippen LogP contribution in [0.1, 0.15) is 52.4 Å². The van der Waals surface area contributed by atoms with Gasteiger partial charge in [-0.2, -0.15) is 0 Å². The maximum absolute atomic E-state index is 11.3. The van der Waals surface area contributed by atoms with Crippen LogP contribution in [-0.4, -0.2) is 36.6 Å². The highest BCUT2D eigenvalue weighted by Crippen LogP contribution is 2.22. The Morgan fingerprint density at radius 1 is 1.25 bits per heavy atom. The van der Waals surface area contributed by atoms with Gasteiger partial charge in [-0.05, 0) is 26.3 Å². The predicted molar refractivity (Wildman–Crippen MR) is 65.4 cm³/mol. The molecule has 94 valence electrons. The lowest BCUT2D eigenvalue weighted by molar-refractivity contribution is -0.143. The monoisotopic (exact) mass is 227 g/mol. The molecule has 16 heavy (non-hydrogen) atoms. The molecular formula is C13H25NO2. The minimum atomic E-state index is -0.0586. The van der Waals surface area contributed by atoms with E-state index in [4.69, 9.17) is 4.74 Å². The van der Waals surface area contributed by atoms with Crippen molar-refractivity contribution in [3.63, 3.8) is 0 Å². The molecule has 1 saturated carbocycles. The Kier molecular flexibility index (Phi) is 6.46. The molecule has 0 aromatic heterocycles.